The zero-order chi connectivity index (χ0) is 9.31. The summed E-state index contributed by atoms with van der Waals surface area (Å²) in [6.07, 6.45) is 3.60. The quantitative estimate of drug-likeness (QED) is 0.766. The highest BCUT2D eigenvalue weighted by Crippen LogP contribution is 2.49. The summed E-state index contributed by atoms with van der Waals surface area (Å²) in [6.45, 7) is 4.57. The molecule has 0 bridgehead atoms. The average Bonchev–Trinajstić information content (AvgIpc) is 2.19. The lowest BCUT2D eigenvalue weighted by atomic mass is 9.58. The molecule has 2 N–H and O–H groups in total. The molecule has 1 saturated carbocycles. The van der Waals surface area contributed by atoms with Gasteiger partial charge in [0.1, 0.15) is 0 Å². The molecule has 2 unspecified atom stereocenters. The molecular weight excluding hydrogens is 202 g/mol. The highest BCUT2D eigenvalue weighted by molar-refractivity contribution is 5.85. The molecule has 1 aliphatic carbocycles. The molecule has 0 amide bonds. The van der Waals surface area contributed by atoms with Crippen LogP contribution in [0.3, 0.4) is 0 Å². The van der Waals surface area contributed by atoms with E-state index in [0.717, 1.165) is 39.1 Å². The smallest absolute Gasteiger partial charge is 0.0662 e. The van der Waals surface area contributed by atoms with Gasteiger partial charge < -0.3 is 15.2 Å². The summed E-state index contributed by atoms with van der Waals surface area (Å²) in [5, 5.41) is 0. The first-order valence-electron chi connectivity index (χ1n) is 5.24. The summed E-state index contributed by atoms with van der Waals surface area (Å²) in [6, 6.07) is 0.341. The van der Waals surface area contributed by atoms with E-state index in [1.807, 2.05) is 0 Å². The van der Waals surface area contributed by atoms with Crippen LogP contribution in [-0.4, -0.2) is 32.0 Å². The molecule has 2 rings (SSSR count). The van der Waals surface area contributed by atoms with Crippen LogP contribution < -0.4 is 5.73 Å². The first-order chi connectivity index (χ1) is 6.29. The number of halogens is 1. The molecular formula is C10H20ClNO2. The topological polar surface area (TPSA) is 44.5 Å². The van der Waals surface area contributed by atoms with E-state index in [1.165, 1.54) is 0 Å². The van der Waals surface area contributed by atoms with E-state index in [-0.39, 0.29) is 17.8 Å². The predicted octanol–water partition coefficient (Wildman–Crippen LogP) is 1.34. The largest absolute Gasteiger partial charge is 0.381 e. The monoisotopic (exact) mass is 221 g/mol. The van der Waals surface area contributed by atoms with Crippen LogP contribution >= 0.6 is 12.4 Å². The van der Waals surface area contributed by atoms with Crippen LogP contribution in [0.15, 0.2) is 0 Å². The Bertz CT molecular complexity index is 181. The van der Waals surface area contributed by atoms with Crippen LogP contribution in [0.1, 0.15) is 26.2 Å². The minimum atomic E-state index is 0. The van der Waals surface area contributed by atoms with Crippen molar-refractivity contribution in [2.45, 2.75) is 38.3 Å². The Morgan fingerprint density at radius 3 is 2.57 bits per heavy atom. The SMILES string of the molecule is CCOC1CC(N)C12CCOCC2.Cl. The molecule has 2 aliphatic rings. The van der Waals surface area contributed by atoms with Gasteiger partial charge in [0, 0.05) is 31.3 Å². The van der Waals surface area contributed by atoms with Crippen molar-refractivity contribution in [2.24, 2.45) is 11.1 Å². The molecule has 0 radical (unpaired) electrons. The first-order valence-corrected chi connectivity index (χ1v) is 5.24. The third kappa shape index (κ3) is 1.78. The summed E-state index contributed by atoms with van der Waals surface area (Å²) >= 11 is 0. The number of hydrogen-bond acceptors (Lipinski definition) is 3. The van der Waals surface area contributed by atoms with Gasteiger partial charge in [0.15, 0.2) is 0 Å². The van der Waals surface area contributed by atoms with Gasteiger partial charge in [-0.3, -0.25) is 0 Å². The van der Waals surface area contributed by atoms with E-state index in [1.54, 1.807) is 0 Å². The summed E-state index contributed by atoms with van der Waals surface area (Å²) in [5.74, 6) is 0. The summed E-state index contributed by atoms with van der Waals surface area (Å²) in [5.41, 5.74) is 6.33. The zero-order valence-electron chi connectivity index (χ0n) is 8.70. The van der Waals surface area contributed by atoms with Crippen LogP contribution in [-0.2, 0) is 9.47 Å². The van der Waals surface area contributed by atoms with E-state index >= 15 is 0 Å². The molecule has 84 valence electrons. The van der Waals surface area contributed by atoms with Crippen LogP contribution in [0.2, 0.25) is 0 Å². The third-order valence-electron chi connectivity index (χ3n) is 3.64. The van der Waals surface area contributed by atoms with E-state index in [4.69, 9.17) is 15.2 Å². The Morgan fingerprint density at radius 2 is 2.07 bits per heavy atom. The second-order valence-electron chi connectivity index (χ2n) is 4.13. The Labute approximate surface area is 91.7 Å². The van der Waals surface area contributed by atoms with Crippen molar-refractivity contribution in [1.82, 2.24) is 0 Å². The molecule has 14 heavy (non-hydrogen) atoms. The van der Waals surface area contributed by atoms with Crippen molar-refractivity contribution < 1.29 is 9.47 Å². The standard InChI is InChI=1S/C10H19NO2.ClH/c1-2-13-9-7-8(11)10(9)3-5-12-6-4-10;/h8-9H,2-7,11H2,1H3;1H. The van der Waals surface area contributed by atoms with Crippen molar-refractivity contribution in [3.63, 3.8) is 0 Å². The first kappa shape index (κ1) is 12.2. The maximum Gasteiger partial charge on any atom is 0.0662 e. The number of rotatable bonds is 2. The molecule has 3 nitrogen and oxygen atoms in total. The molecule has 1 heterocycles. The molecule has 4 heteroatoms. The van der Waals surface area contributed by atoms with Gasteiger partial charge >= 0.3 is 0 Å². The molecule has 1 aliphatic heterocycles. The van der Waals surface area contributed by atoms with Crippen LogP contribution in [0.5, 0.6) is 0 Å². The molecule has 2 atom stereocenters. The highest BCUT2D eigenvalue weighted by atomic mass is 35.5. The second kappa shape index (κ2) is 4.79. The zero-order valence-corrected chi connectivity index (χ0v) is 9.52. The van der Waals surface area contributed by atoms with E-state index in [9.17, 15) is 0 Å². The Kier molecular flexibility index (Phi) is 4.19. The molecule has 1 spiro atoms. The van der Waals surface area contributed by atoms with Gasteiger partial charge in [-0.15, -0.1) is 12.4 Å². The maximum absolute atomic E-state index is 6.07. The van der Waals surface area contributed by atoms with Crippen molar-refractivity contribution in [1.29, 1.82) is 0 Å². The Hall–Kier alpha value is 0.170. The van der Waals surface area contributed by atoms with Gasteiger partial charge in [0.05, 0.1) is 6.10 Å². The van der Waals surface area contributed by atoms with E-state index in [2.05, 4.69) is 6.92 Å². The summed E-state index contributed by atoms with van der Waals surface area (Å²) in [4.78, 5) is 0. The average molecular weight is 222 g/mol. The van der Waals surface area contributed by atoms with Crippen molar-refractivity contribution in [3.8, 4) is 0 Å². The van der Waals surface area contributed by atoms with E-state index < -0.39 is 0 Å². The fraction of sp³-hybridized carbons (Fsp3) is 1.00. The van der Waals surface area contributed by atoms with E-state index in [0.29, 0.717) is 12.1 Å². The lowest BCUT2D eigenvalue weighted by Gasteiger charge is -2.55. The summed E-state index contributed by atoms with van der Waals surface area (Å²) < 4.78 is 11.1. The van der Waals surface area contributed by atoms with Gasteiger partial charge in [0.2, 0.25) is 0 Å². The van der Waals surface area contributed by atoms with Crippen LogP contribution in [0.25, 0.3) is 0 Å². The fourth-order valence-electron chi connectivity index (χ4n) is 2.66. The van der Waals surface area contributed by atoms with Gasteiger partial charge in [0.25, 0.3) is 0 Å². The maximum atomic E-state index is 6.07. The van der Waals surface area contributed by atoms with Crippen LogP contribution in [0, 0.1) is 5.41 Å². The van der Waals surface area contributed by atoms with Crippen molar-refractivity contribution >= 4 is 12.4 Å². The Balaban J connectivity index is 0.000000980. The lowest BCUT2D eigenvalue weighted by molar-refractivity contribution is -0.164. The van der Waals surface area contributed by atoms with Crippen molar-refractivity contribution in [2.75, 3.05) is 19.8 Å². The van der Waals surface area contributed by atoms with Gasteiger partial charge in [-0.1, -0.05) is 0 Å². The lowest BCUT2D eigenvalue weighted by Crippen LogP contribution is -2.64. The van der Waals surface area contributed by atoms with Crippen LogP contribution in [0.4, 0.5) is 0 Å². The normalized spacial score (nSPS) is 34.7. The van der Waals surface area contributed by atoms with Gasteiger partial charge in [-0.25, -0.2) is 0 Å². The summed E-state index contributed by atoms with van der Waals surface area (Å²) in [7, 11) is 0. The highest BCUT2D eigenvalue weighted by Gasteiger charge is 2.54. The molecule has 0 aromatic heterocycles. The van der Waals surface area contributed by atoms with Gasteiger partial charge in [-0.05, 0) is 26.2 Å². The minimum Gasteiger partial charge on any atom is -0.381 e. The third-order valence-corrected chi connectivity index (χ3v) is 3.64. The second-order valence-corrected chi connectivity index (χ2v) is 4.13. The molecule has 2 fully saturated rings. The predicted molar refractivity (Wildman–Crippen MR) is 57.7 cm³/mol. The number of ether oxygens (including phenoxy) is 2. The molecule has 1 saturated heterocycles. The number of hydrogen-bond donors (Lipinski definition) is 1. The fourth-order valence-corrected chi connectivity index (χ4v) is 2.66. The van der Waals surface area contributed by atoms with Gasteiger partial charge in [-0.2, -0.15) is 0 Å². The molecule has 0 aromatic rings. The molecule has 0 aromatic carbocycles. The minimum absolute atomic E-state index is 0. The van der Waals surface area contributed by atoms with Crippen molar-refractivity contribution in [3.05, 3.63) is 0 Å². The Morgan fingerprint density at radius 1 is 1.43 bits per heavy atom. The number of nitrogens with two attached hydrogens (primary N) is 1.